The lowest BCUT2D eigenvalue weighted by Gasteiger charge is -1.94. The molecule has 0 fully saturated rings. The lowest BCUT2D eigenvalue weighted by molar-refractivity contribution is 0.102. The number of hydrogen-bond acceptors (Lipinski definition) is 7. The highest BCUT2D eigenvalue weighted by atomic mass is 32.1. The number of carbonyl (C=O) groups is 1. The predicted octanol–water partition coefficient (Wildman–Crippen LogP) is 1.64. The highest BCUT2D eigenvalue weighted by Crippen LogP contribution is 2.27. The lowest BCUT2D eigenvalue weighted by Crippen LogP contribution is -2.13. The molecule has 0 aliphatic rings. The van der Waals surface area contributed by atoms with E-state index in [1.807, 2.05) is 17.5 Å². The van der Waals surface area contributed by atoms with Crippen molar-refractivity contribution in [3.63, 3.8) is 0 Å². The third-order valence-electron chi connectivity index (χ3n) is 2.04. The fourth-order valence-electron chi connectivity index (χ4n) is 1.27. The second-order valence-corrected chi connectivity index (χ2v) is 5.01. The molecule has 0 spiro atoms. The van der Waals surface area contributed by atoms with Gasteiger partial charge in [-0.25, -0.2) is 4.98 Å². The van der Waals surface area contributed by atoms with Crippen molar-refractivity contribution in [3.05, 3.63) is 28.6 Å². The highest BCUT2D eigenvalue weighted by molar-refractivity contribution is 7.20. The molecule has 3 rings (SSSR count). The summed E-state index contributed by atoms with van der Waals surface area (Å²) in [6.45, 7) is 0. The monoisotopic (exact) mass is 278 g/mol. The molecule has 90 valence electrons. The number of thiazole rings is 1. The van der Waals surface area contributed by atoms with Crippen LogP contribution in [-0.4, -0.2) is 31.5 Å². The predicted molar refractivity (Wildman–Crippen MR) is 67.6 cm³/mol. The fraction of sp³-hybridized carbons (Fsp3) is 0. The van der Waals surface area contributed by atoms with Gasteiger partial charge in [0.1, 0.15) is 10.7 Å². The first-order chi connectivity index (χ1) is 8.83. The molecule has 2 N–H and O–H groups in total. The highest BCUT2D eigenvalue weighted by Gasteiger charge is 2.13. The van der Waals surface area contributed by atoms with Crippen molar-refractivity contribution in [2.75, 3.05) is 5.32 Å². The molecule has 0 aliphatic carbocycles. The van der Waals surface area contributed by atoms with Crippen LogP contribution in [0.4, 0.5) is 5.95 Å². The average molecular weight is 278 g/mol. The average Bonchev–Trinajstić information content (AvgIpc) is 3.11. The first-order valence-corrected chi connectivity index (χ1v) is 6.63. The second kappa shape index (κ2) is 4.63. The molecule has 18 heavy (non-hydrogen) atoms. The molecule has 1 amide bonds. The number of hydrogen-bond donors (Lipinski definition) is 2. The van der Waals surface area contributed by atoms with E-state index in [2.05, 4.69) is 30.9 Å². The van der Waals surface area contributed by atoms with Crippen LogP contribution < -0.4 is 5.32 Å². The molecule has 0 aliphatic heterocycles. The van der Waals surface area contributed by atoms with Crippen molar-refractivity contribution >= 4 is 34.5 Å². The molecule has 3 heterocycles. The van der Waals surface area contributed by atoms with Gasteiger partial charge in [-0.2, -0.15) is 5.21 Å². The molecule has 0 aromatic carbocycles. The summed E-state index contributed by atoms with van der Waals surface area (Å²) >= 11 is 3.01. The van der Waals surface area contributed by atoms with E-state index in [0.717, 1.165) is 9.88 Å². The van der Waals surface area contributed by atoms with Gasteiger partial charge >= 0.3 is 0 Å². The van der Waals surface area contributed by atoms with E-state index in [1.54, 1.807) is 16.7 Å². The van der Waals surface area contributed by atoms with Crippen LogP contribution in [0.15, 0.2) is 22.9 Å². The van der Waals surface area contributed by atoms with Gasteiger partial charge in [0.2, 0.25) is 0 Å². The van der Waals surface area contributed by atoms with Gasteiger partial charge in [-0.1, -0.05) is 11.2 Å². The maximum Gasteiger partial charge on any atom is 0.277 e. The zero-order valence-electron chi connectivity index (χ0n) is 8.82. The molecule has 0 saturated carbocycles. The minimum atomic E-state index is -0.351. The molecule has 0 bridgehead atoms. The summed E-state index contributed by atoms with van der Waals surface area (Å²) in [5.41, 5.74) is 0.341. The van der Waals surface area contributed by atoms with Crippen molar-refractivity contribution in [2.24, 2.45) is 0 Å². The molecule has 3 aromatic rings. The summed E-state index contributed by atoms with van der Waals surface area (Å²) in [5.74, 6) is -0.221. The van der Waals surface area contributed by atoms with Gasteiger partial charge in [0, 0.05) is 5.38 Å². The van der Waals surface area contributed by atoms with Gasteiger partial charge in [0.05, 0.1) is 4.88 Å². The van der Waals surface area contributed by atoms with Gasteiger partial charge in [-0.15, -0.1) is 27.8 Å². The first-order valence-electron chi connectivity index (χ1n) is 4.87. The number of nitrogens with zero attached hydrogens (tertiary/aromatic N) is 4. The van der Waals surface area contributed by atoms with Gasteiger partial charge < -0.3 is 0 Å². The van der Waals surface area contributed by atoms with Crippen LogP contribution >= 0.6 is 22.7 Å². The normalized spacial score (nSPS) is 10.4. The van der Waals surface area contributed by atoms with Crippen LogP contribution in [0.3, 0.4) is 0 Å². The van der Waals surface area contributed by atoms with Crippen molar-refractivity contribution < 1.29 is 4.79 Å². The molecule has 0 radical (unpaired) electrons. The van der Waals surface area contributed by atoms with Crippen LogP contribution in [-0.2, 0) is 0 Å². The van der Waals surface area contributed by atoms with E-state index in [9.17, 15) is 4.79 Å². The Hall–Kier alpha value is -2.13. The topological polar surface area (TPSA) is 96.5 Å². The van der Waals surface area contributed by atoms with Crippen molar-refractivity contribution in [2.45, 2.75) is 0 Å². The molecule has 3 aromatic heterocycles. The Labute approximate surface area is 109 Å². The van der Waals surface area contributed by atoms with Crippen LogP contribution in [0.25, 0.3) is 9.88 Å². The SMILES string of the molecule is O=C(Nc1nn[nH]n1)c1csc(-c2cccs2)n1. The van der Waals surface area contributed by atoms with E-state index >= 15 is 0 Å². The van der Waals surface area contributed by atoms with E-state index < -0.39 is 0 Å². The number of aromatic amines is 1. The molecular formula is C9H6N6OS2. The Kier molecular flexibility index (Phi) is 2.82. The minimum absolute atomic E-state index is 0.130. The number of nitrogens with one attached hydrogen (secondary N) is 2. The molecular weight excluding hydrogens is 272 g/mol. The number of aromatic nitrogens is 5. The zero-order valence-corrected chi connectivity index (χ0v) is 10.5. The first kappa shape index (κ1) is 11.0. The largest absolute Gasteiger partial charge is 0.286 e. The molecule has 7 nitrogen and oxygen atoms in total. The van der Waals surface area contributed by atoms with Crippen LogP contribution in [0.1, 0.15) is 10.5 Å². The summed E-state index contributed by atoms with van der Waals surface area (Å²) in [5, 5.41) is 19.9. The Morgan fingerprint density at radius 3 is 3.06 bits per heavy atom. The van der Waals surface area contributed by atoms with Gasteiger partial charge in [0.15, 0.2) is 0 Å². The molecule has 0 saturated heterocycles. The fourth-order valence-corrected chi connectivity index (χ4v) is 2.89. The van der Waals surface area contributed by atoms with Crippen LogP contribution in [0, 0.1) is 0 Å². The summed E-state index contributed by atoms with van der Waals surface area (Å²) < 4.78 is 0. The van der Waals surface area contributed by atoms with E-state index in [-0.39, 0.29) is 11.9 Å². The molecule has 9 heteroatoms. The number of thiophene rings is 1. The van der Waals surface area contributed by atoms with Crippen molar-refractivity contribution in [1.29, 1.82) is 0 Å². The quantitative estimate of drug-likeness (QED) is 0.759. The Morgan fingerprint density at radius 2 is 2.33 bits per heavy atom. The minimum Gasteiger partial charge on any atom is -0.286 e. The number of carbonyl (C=O) groups excluding carboxylic acids is 1. The standard InChI is InChI=1S/C9H6N6OS2/c16-7(11-9-12-14-15-13-9)5-4-18-8(10-5)6-2-1-3-17-6/h1-4H,(H2,11,12,13,14,15,16). The Bertz CT molecular complexity index is 644. The summed E-state index contributed by atoms with van der Waals surface area (Å²) in [4.78, 5) is 17.1. The van der Waals surface area contributed by atoms with Gasteiger partial charge in [0.25, 0.3) is 11.9 Å². The summed E-state index contributed by atoms with van der Waals surface area (Å²) in [6.07, 6.45) is 0. The third-order valence-corrected chi connectivity index (χ3v) is 3.92. The van der Waals surface area contributed by atoms with Gasteiger partial charge in [-0.05, 0) is 16.7 Å². The Morgan fingerprint density at radius 1 is 1.39 bits per heavy atom. The molecule has 0 atom stereocenters. The third kappa shape index (κ3) is 2.13. The van der Waals surface area contributed by atoms with Crippen molar-refractivity contribution in [1.82, 2.24) is 25.6 Å². The summed E-state index contributed by atoms with van der Waals surface area (Å²) in [6, 6.07) is 3.91. The van der Waals surface area contributed by atoms with Crippen LogP contribution in [0.5, 0.6) is 0 Å². The number of tetrazole rings is 1. The number of rotatable bonds is 3. The van der Waals surface area contributed by atoms with E-state index in [0.29, 0.717) is 5.69 Å². The smallest absolute Gasteiger partial charge is 0.277 e. The van der Waals surface area contributed by atoms with Gasteiger partial charge in [-0.3, -0.25) is 10.1 Å². The van der Waals surface area contributed by atoms with E-state index in [4.69, 9.17) is 0 Å². The number of anilines is 1. The number of H-pyrrole nitrogens is 1. The maximum absolute atomic E-state index is 11.8. The lowest BCUT2D eigenvalue weighted by atomic mass is 10.4. The maximum atomic E-state index is 11.8. The zero-order chi connectivity index (χ0) is 12.4. The Balaban J connectivity index is 1.79. The summed E-state index contributed by atoms with van der Waals surface area (Å²) in [7, 11) is 0. The second-order valence-electron chi connectivity index (χ2n) is 3.20. The van der Waals surface area contributed by atoms with E-state index in [1.165, 1.54) is 11.3 Å². The van der Waals surface area contributed by atoms with Crippen LogP contribution in [0.2, 0.25) is 0 Å². The molecule has 0 unspecified atom stereocenters. The number of amides is 1. The van der Waals surface area contributed by atoms with Crippen molar-refractivity contribution in [3.8, 4) is 9.88 Å².